The zero-order chi connectivity index (χ0) is 19.5. The van der Waals surface area contributed by atoms with Crippen molar-refractivity contribution >= 4 is 28.1 Å². The first kappa shape index (κ1) is 17.5. The number of nitrogens with one attached hydrogen (secondary N) is 1. The lowest BCUT2D eigenvalue weighted by atomic mass is 10.1. The number of fused-ring (bicyclic) bond motifs is 1. The molecule has 5 heteroatoms. The molecular weight excluding hydrogens is 346 g/mol. The van der Waals surface area contributed by atoms with Crippen molar-refractivity contribution in [3.05, 3.63) is 78.4 Å². The van der Waals surface area contributed by atoms with Crippen LogP contribution in [0.5, 0.6) is 0 Å². The standard InChI is InChI=1S/C23H19N5/c1-28(2)19-13-11-18(12-14-19)25-23-20-5-3-4-6-21(20)26-22(27-23)17-9-7-16(15-24)8-10-17/h3-14H,1-2H3,(H,25,26,27). The highest BCUT2D eigenvalue weighted by Gasteiger charge is 2.10. The molecule has 0 fully saturated rings. The van der Waals surface area contributed by atoms with E-state index >= 15 is 0 Å². The fourth-order valence-electron chi connectivity index (χ4n) is 2.97. The fraction of sp³-hybridized carbons (Fsp3) is 0.0870. The molecule has 4 rings (SSSR count). The summed E-state index contributed by atoms with van der Waals surface area (Å²) in [5.74, 6) is 1.37. The SMILES string of the molecule is CN(C)c1ccc(Nc2nc(-c3ccc(C#N)cc3)nc3ccccc23)cc1. The van der Waals surface area contributed by atoms with Crippen LogP contribution in [0.15, 0.2) is 72.8 Å². The van der Waals surface area contributed by atoms with E-state index in [0.29, 0.717) is 11.4 Å². The van der Waals surface area contributed by atoms with Gasteiger partial charge in [-0.1, -0.05) is 12.1 Å². The van der Waals surface area contributed by atoms with Gasteiger partial charge in [0.15, 0.2) is 5.82 Å². The first-order valence-electron chi connectivity index (χ1n) is 8.96. The van der Waals surface area contributed by atoms with Crippen molar-refractivity contribution in [2.24, 2.45) is 0 Å². The molecule has 1 heterocycles. The molecule has 0 aliphatic rings. The van der Waals surface area contributed by atoms with Gasteiger partial charge in [-0.15, -0.1) is 0 Å². The number of rotatable bonds is 4. The molecule has 0 aliphatic heterocycles. The third kappa shape index (κ3) is 3.49. The Labute approximate surface area is 163 Å². The topological polar surface area (TPSA) is 64.8 Å². The van der Waals surface area contributed by atoms with Gasteiger partial charge in [-0.3, -0.25) is 0 Å². The molecule has 3 aromatic carbocycles. The van der Waals surface area contributed by atoms with Crippen LogP contribution in [0.3, 0.4) is 0 Å². The van der Waals surface area contributed by atoms with Crippen molar-refractivity contribution in [1.82, 2.24) is 9.97 Å². The smallest absolute Gasteiger partial charge is 0.162 e. The lowest BCUT2D eigenvalue weighted by Crippen LogP contribution is -2.08. The maximum atomic E-state index is 9.01. The molecule has 0 aliphatic carbocycles. The Hall–Kier alpha value is -3.91. The van der Waals surface area contributed by atoms with Gasteiger partial charge in [0.1, 0.15) is 5.82 Å². The molecule has 1 N–H and O–H groups in total. The zero-order valence-corrected chi connectivity index (χ0v) is 15.7. The molecule has 0 atom stereocenters. The van der Waals surface area contributed by atoms with Gasteiger partial charge in [0.2, 0.25) is 0 Å². The van der Waals surface area contributed by atoms with E-state index < -0.39 is 0 Å². The van der Waals surface area contributed by atoms with Gasteiger partial charge < -0.3 is 10.2 Å². The summed E-state index contributed by atoms with van der Waals surface area (Å²) in [6, 6.07) is 25.6. The molecule has 4 aromatic rings. The van der Waals surface area contributed by atoms with E-state index in [0.717, 1.165) is 33.7 Å². The number of hydrogen-bond acceptors (Lipinski definition) is 5. The van der Waals surface area contributed by atoms with Crippen molar-refractivity contribution in [3.8, 4) is 17.5 Å². The minimum absolute atomic E-state index is 0.615. The summed E-state index contributed by atoms with van der Waals surface area (Å²) >= 11 is 0. The molecule has 0 spiro atoms. The van der Waals surface area contributed by atoms with E-state index in [1.807, 2.05) is 62.6 Å². The lowest BCUT2D eigenvalue weighted by molar-refractivity contribution is 1.13. The third-order valence-electron chi connectivity index (χ3n) is 4.52. The van der Waals surface area contributed by atoms with Crippen LogP contribution in [0.4, 0.5) is 17.2 Å². The van der Waals surface area contributed by atoms with Crippen LogP contribution < -0.4 is 10.2 Å². The summed E-state index contributed by atoms with van der Waals surface area (Å²) in [4.78, 5) is 11.5. The molecule has 1 aromatic heterocycles. The Morgan fingerprint density at radius 2 is 1.57 bits per heavy atom. The Morgan fingerprint density at radius 1 is 0.857 bits per heavy atom. The van der Waals surface area contributed by atoms with Crippen LogP contribution in [0.25, 0.3) is 22.3 Å². The summed E-state index contributed by atoms with van der Waals surface area (Å²) in [6.07, 6.45) is 0. The van der Waals surface area contributed by atoms with E-state index in [4.69, 9.17) is 15.2 Å². The molecule has 136 valence electrons. The van der Waals surface area contributed by atoms with Crippen molar-refractivity contribution in [2.45, 2.75) is 0 Å². The van der Waals surface area contributed by atoms with Gasteiger partial charge >= 0.3 is 0 Å². The van der Waals surface area contributed by atoms with E-state index in [9.17, 15) is 0 Å². The Balaban J connectivity index is 1.76. The summed E-state index contributed by atoms with van der Waals surface area (Å²) in [7, 11) is 4.04. The molecule has 0 saturated carbocycles. The molecule has 0 unspecified atom stereocenters. The molecule has 0 radical (unpaired) electrons. The average Bonchev–Trinajstić information content (AvgIpc) is 2.74. The molecule has 0 bridgehead atoms. The molecule has 0 saturated heterocycles. The van der Waals surface area contributed by atoms with Crippen molar-refractivity contribution < 1.29 is 0 Å². The van der Waals surface area contributed by atoms with Crippen molar-refractivity contribution in [2.75, 3.05) is 24.3 Å². The largest absolute Gasteiger partial charge is 0.378 e. The number of hydrogen-bond donors (Lipinski definition) is 1. The molecule has 0 amide bonds. The second kappa shape index (κ2) is 7.37. The number of para-hydroxylation sites is 1. The van der Waals surface area contributed by atoms with Crippen molar-refractivity contribution in [3.63, 3.8) is 0 Å². The normalized spacial score (nSPS) is 10.5. The monoisotopic (exact) mass is 365 g/mol. The maximum absolute atomic E-state index is 9.01. The maximum Gasteiger partial charge on any atom is 0.162 e. The summed E-state index contributed by atoms with van der Waals surface area (Å²) in [6.45, 7) is 0. The minimum atomic E-state index is 0.615. The Bertz CT molecular complexity index is 1160. The Kier molecular flexibility index (Phi) is 4.61. The number of nitriles is 1. The van der Waals surface area contributed by atoms with E-state index in [-0.39, 0.29) is 0 Å². The van der Waals surface area contributed by atoms with Gasteiger partial charge in [-0.25, -0.2) is 9.97 Å². The highest BCUT2D eigenvalue weighted by atomic mass is 15.1. The van der Waals surface area contributed by atoms with E-state index in [1.54, 1.807) is 12.1 Å². The van der Waals surface area contributed by atoms with Gasteiger partial charge in [-0.2, -0.15) is 5.26 Å². The van der Waals surface area contributed by atoms with Crippen LogP contribution in [0.1, 0.15) is 5.56 Å². The molecule has 28 heavy (non-hydrogen) atoms. The van der Waals surface area contributed by atoms with E-state index in [2.05, 4.69) is 28.4 Å². The van der Waals surface area contributed by atoms with Crippen LogP contribution in [-0.4, -0.2) is 24.1 Å². The van der Waals surface area contributed by atoms with Gasteiger partial charge in [0.05, 0.1) is 17.1 Å². The highest BCUT2D eigenvalue weighted by Crippen LogP contribution is 2.28. The fourth-order valence-corrected chi connectivity index (χ4v) is 2.97. The number of anilines is 3. The van der Waals surface area contributed by atoms with Crippen LogP contribution in [0, 0.1) is 11.3 Å². The number of nitrogens with zero attached hydrogens (tertiary/aromatic N) is 4. The zero-order valence-electron chi connectivity index (χ0n) is 15.7. The van der Waals surface area contributed by atoms with Gasteiger partial charge in [0.25, 0.3) is 0 Å². The highest BCUT2D eigenvalue weighted by molar-refractivity contribution is 5.92. The quantitative estimate of drug-likeness (QED) is 0.553. The first-order chi connectivity index (χ1) is 13.6. The number of benzene rings is 3. The van der Waals surface area contributed by atoms with Crippen LogP contribution >= 0.6 is 0 Å². The summed E-state index contributed by atoms with van der Waals surface area (Å²) in [5.41, 5.74) is 4.44. The van der Waals surface area contributed by atoms with Gasteiger partial charge in [0, 0.05) is 36.4 Å². The summed E-state index contributed by atoms with van der Waals surface area (Å²) < 4.78 is 0. The average molecular weight is 365 g/mol. The molecular formula is C23H19N5. The predicted molar refractivity (Wildman–Crippen MR) is 114 cm³/mol. The minimum Gasteiger partial charge on any atom is -0.378 e. The van der Waals surface area contributed by atoms with Crippen LogP contribution in [0.2, 0.25) is 0 Å². The lowest BCUT2D eigenvalue weighted by Gasteiger charge is -2.14. The van der Waals surface area contributed by atoms with Crippen LogP contribution in [-0.2, 0) is 0 Å². The second-order valence-corrected chi connectivity index (χ2v) is 6.67. The first-order valence-corrected chi connectivity index (χ1v) is 8.96. The van der Waals surface area contributed by atoms with Crippen molar-refractivity contribution in [1.29, 1.82) is 5.26 Å². The number of aromatic nitrogens is 2. The second-order valence-electron chi connectivity index (χ2n) is 6.67. The van der Waals surface area contributed by atoms with Gasteiger partial charge in [-0.05, 0) is 60.7 Å². The molecule has 5 nitrogen and oxygen atoms in total. The predicted octanol–water partition coefficient (Wildman–Crippen LogP) is 4.98. The summed E-state index contributed by atoms with van der Waals surface area (Å²) in [5, 5.41) is 13.4. The third-order valence-corrected chi connectivity index (χ3v) is 4.52. The Morgan fingerprint density at radius 3 is 2.25 bits per heavy atom. The van der Waals surface area contributed by atoms with E-state index in [1.165, 1.54) is 0 Å².